The van der Waals surface area contributed by atoms with Gasteiger partial charge in [-0.25, -0.2) is 0 Å². The van der Waals surface area contributed by atoms with Crippen LogP contribution in [0.25, 0.3) is 6.08 Å². The zero-order chi connectivity index (χ0) is 18.1. The number of anilines is 1. The molecule has 0 unspecified atom stereocenters. The highest BCUT2D eigenvalue weighted by Gasteiger charge is 2.30. The lowest BCUT2D eigenvalue weighted by Gasteiger charge is -2.11. The van der Waals surface area contributed by atoms with Crippen LogP contribution in [0.3, 0.4) is 0 Å². The van der Waals surface area contributed by atoms with Crippen molar-refractivity contribution in [2.45, 2.75) is 13.8 Å². The van der Waals surface area contributed by atoms with Gasteiger partial charge in [-0.15, -0.1) is 0 Å². The summed E-state index contributed by atoms with van der Waals surface area (Å²) in [5.74, 6) is 0.459. The maximum Gasteiger partial charge on any atom is 0.308 e. The molecule has 128 valence electrons. The van der Waals surface area contributed by atoms with Gasteiger partial charge in [-0.3, -0.25) is 9.59 Å². The molecule has 0 saturated carbocycles. The zero-order valence-electron chi connectivity index (χ0n) is 14.6. The second-order valence-electron chi connectivity index (χ2n) is 6.13. The quantitative estimate of drug-likeness (QED) is 0.486. The van der Waals surface area contributed by atoms with Gasteiger partial charge in [0.05, 0.1) is 5.56 Å². The van der Waals surface area contributed by atoms with Crippen LogP contribution >= 0.6 is 0 Å². The van der Waals surface area contributed by atoms with E-state index in [9.17, 15) is 9.59 Å². The topological polar surface area (TPSA) is 55.8 Å². The molecular weight excluding hydrogens is 318 g/mol. The van der Waals surface area contributed by atoms with Gasteiger partial charge in [-0.2, -0.15) is 0 Å². The van der Waals surface area contributed by atoms with E-state index >= 15 is 0 Å². The molecule has 0 bridgehead atoms. The highest BCUT2D eigenvalue weighted by atomic mass is 16.5. The minimum absolute atomic E-state index is 0.168. The number of nitrogens with zero attached hydrogens (tertiary/aromatic N) is 1. The van der Waals surface area contributed by atoms with E-state index in [2.05, 4.69) is 0 Å². The van der Waals surface area contributed by atoms with Crippen LogP contribution in [0.15, 0.2) is 42.2 Å². The molecule has 1 heterocycles. The van der Waals surface area contributed by atoms with Crippen LogP contribution in [-0.2, 0) is 4.79 Å². The minimum atomic E-state index is -0.416. The van der Waals surface area contributed by atoms with Crippen molar-refractivity contribution < 1.29 is 19.1 Å². The highest BCUT2D eigenvalue weighted by molar-refractivity contribution is 6.15. The number of allylic oxidation sites excluding steroid dienone is 1. The molecule has 1 aliphatic rings. The molecule has 25 heavy (non-hydrogen) atoms. The fourth-order valence-corrected chi connectivity index (χ4v) is 2.72. The van der Waals surface area contributed by atoms with Crippen molar-refractivity contribution in [2.24, 2.45) is 0 Å². The molecule has 0 radical (unpaired) electrons. The number of carbonyl (C=O) groups is 2. The van der Waals surface area contributed by atoms with Crippen molar-refractivity contribution in [2.75, 3.05) is 19.0 Å². The van der Waals surface area contributed by atoms with Gasteiger partial charge in [-0.05, 0) is 42.3 Å². The maximum atomic E-state index is 12.6. The molecule has 0 spiro atoms. The number of rotatable bonds is 3. The van der Waals surface area contributed by atoms with Gasteiger partial charge in [0.1, 0.15) is 11.5 Å². The first-order valence-electron chi connectivity index (χ1n) is 7.90. The van der Waals surface area contributed by atoms with Crippen LogP contribution in [0.1, 0.15) is 28.4 Å². The van der Waals surface area contributed by atoms with Crippen LogP contribution in [0.5, 0.6) is 11.5 Å². The third kappa shape index (κ3) is 3.40. The molecule has 3 rings (SSSR count). The Labute approximate surface area is 146 Å². The predicted molar refractivity (Wildman–Crippen MR) is 96.2 cm³/mol. The molecule has 0 aromatic heterocycles. The second kappa shape index (κ2) is 6.43. The molecule has 0 fully saturated rings. The molecule has 2 aromatic rings. The number of hydrogen-bond donors (Lipinski definition) is 0. The molecule has 2 aromatic carbocycles. The second-order valence-corrected chi connectivity index (χ2v) is 6.13. The van der Waals surface area contributed by atoms with Gasteiger partial charge in [0.25, 0.3) is 0 Å². The Bertz CT molecular complexity index is 879. The van der Waals surface area contributed by atoms with E-state index in [4.69, 9.17) is 9.47 Å². The largest absolute Gasteiger partial charge is 0.452 e. The lowest BCUT2D eigenvalue weighted by Crippen LogP contribution is -2.08. The number of fused-ring (bicyclic) bond motifs is 1. The number of benzene rings is 2. The summed E-state index contributed by atoms with van der Waals surface area (Å²) in [5, 5.41) is 0. The summed E-state index contributed by atoms with van der Waals surface area (Å²) in [4.78, 5) is 25.8. The van der Waals surface area contributed by atoms with Gasteiger partial charge in [0, 0.05) is 32.8 Å². The smallest absolute Gasteiger partial charge is 0.308 e. The number of hydrogen-bond acceptors (Lipinski definition) is 5. The summed E-state index contributed by atoms with van der Waals surface area (Å²) in [6.07, 6.45) is 1.71. The van der Waals surface area contributed by atoms with Crippen LogP contribution in [-0.4, -0.2) is 25.8 Å². The third-order valence-electron chi connectivity index (χ3n) is 3.91. The standard InChI is InChI=1S/C20H19NO4/c1-12-9-16(24-13(2)22)11-17-19(12)20(23)18(25-17)10-14-5-7-15(8-6-14)21(3)4/h5-11H,1-4H3/b18-10-. The lowest BCUT2D eigenvalue weighted by molar-refractivity contribution is -0.131. The van der Waals surface area contributed by atoms with Crippen molar-refractivity contribution >= 4 is 23.5 Å². The molecule has 5 heteroatoms. The van der Waals surface area contributed by atoms with Crippen LogP contribution < -0.4 is 14.4 Å². The normalized spacial score (nSPS) is 14.2. The van der Waals surface area contributed by atoms with Crippen LogP contribution in [0.2, 0.25) is 0 Å². The molecule has 1 aliphatic heterocycles. The minimum Gasteiger partial charge on any atom is -0.452 e. The molecule has 0 N–H and O–H groups in total. The summed E-state index contributed by atoms with van der Waals surface area (Å²) in [5.41, 5.74) is 3.17. The third-order valence-corrected chi connectivity index (χ3v) is 3.91. The van der Waals surface area contributed by atoms with E-state index < -0.39 is 5.97 Å². The van der Waals surface area contributed by atoms with E-state index in [1.807, 2.05) is 43.3 Å². The van der Waals surface area contributed by atoms with Crippen molar-refractivity contribution in [3.05, 3.63) is 58.8 Å². The molecule has 0 atom stereocenters. The van der Waals surface area contributed by atoms with Gasteiger partial charge >= 0.3 is 5.97 Å². The van der Waals surface area contributed by atoms with Crippen molar-refractivity contribution in [1.29, 1.82) is 0 Å². The van der Waals surface area contributed by atoms with E-state index in [1.165, 1.54) is 6.92 Å². The Balaban J connectivity index is 1.91. The van der Waals surface area contributed by atoms with E-state index in [-0.39, 0.29) is 11.5 Å². The number of Topliss-reactive ketones (excluding diaryl/α,β-unsaturated/α-hetero) is 1. The van der Waals surface area contributed by atoms with Gasteiger partial charge in [-0.1, -0.05) is 12.1 Å². The number of carbonyl (C=O) groups excluding carboxylic acids is 2. The first kappa shape index (κ1) is 16.8. The number of esters is 1. The Hall–Kier alpha value is -3.08. The molecule has 5 nitrogen and oxygen atoms in total. The maximum absolute atomic E-state index is 12.6. The number of ether oxygens (including phenoxy) is 2. The summed E-state index contributed by atoms with van der Waals surface area (Å²) in [6.45, 7) is 3.12. The van der Waals surface area contributed by atoms with Crippen LogP contribution in [0, 0.1) is 6.92 Å². The molecular formula is C20H19NO4. The number of aryl methyl sites for hydroxylation is 1. The first-order chi connectivity index (χ1) is 11.8. The Morgan fingerprint density at radius 1 is 1.16 bits per heavy atom. The van der Waals surface area contributed by atoms with Gasteiger partial charge in [0.15, 0.2) is 5.76 Å². The fourth-order valence-electron chi connectivity index (χ4n) is 2.72. The van der Waals surface area contributed by atoms with Gasteiger partial charge < -0.3 is 14.4 Å². The summed E-state index contributed by atoms with van der Waals surface area (Å²) >= 11 is 0. The SMILES string of the molecule is CC(=O)Oc1cc(C)c2c(c1)O/C(=C\c1ccc(N(C)C)cc1)C2=O. The highest BCUT2D eigenvalue weighted by Crippen LogP contribution is 2.37. The summed E-state index contributed by atoms with van der Waals surface area (Å²) in [7, 11) is 3.94. The average Bonchev–Trinajstić information content (AvgIpc) is 2.83. The van der Waals surface area contributed by atoms with Crippen LogP contribution in [0.4, 0.5) is 5.69 Å². The summed E-state index contributed by atoms with van der Waals surface area (Å²) < 4.78 is 10.8. The predicted octanol–water partition coefficient (Wildman–Crippen LogP) is 3.60. The molecule has 0 aliphatic carbocycles. The first-order valence-corrected chi connectivity index (χ1v) is 7.90. The average molecular weight is 337 g/mol. The van der Waals surface area contributed by atoms with Gasteiger partial charge in [0.2, 0.25) is 5.78 Å². The monoisotopic (exact) mass is 337 g/mol. The Morgan fingerprint density at radius 3 is 2.44 bits per heavy atom. The van der Waals surface area contributed by atoms with Crippen molar-refractivity contribution in [3.63, 3.8) is 0 Å². The lowest BCUT2D eigenvalue weighted by atomic mass is 10.0. The van der Waals surface area contributed by atoms with E-state index in [0.717, 1.165) is 11.3 Å². The zero-order valence-corrected chi connectivity index (χ0v) is 14.6. The van der Waals surface area contributed by atoms with Crippen molar-refractivity contribution in [1.82, 2.24) is 0 Å². The summed E-state index contributed by atoms with van der Waals surface area (Å²) in [6, 6.07) is 11.0. The Morgan fingerprint density at radius 2 is 1.84 bits per heavy atom. The van der Waals surface area contributed by atoms with E-state index in [0.29, 0.717) is 22.6 Å². The number of ketones is 1. The molecule has 0 amide bonds. The Kier molecular flexibility index (Phi) is 4.31. The van der Waals surface area contributed by atoms with Crippen molar-refractivity contribution in [3.8, 4) is 11.5 Å². The van der Waals surface area contributed by atoms with E-state index in [1.54, 1.807) is 25.1 Å². The molecule has 0 saturated heterocycles. The fraction of sp³-hybridized carbons (Fsp3) is 0.200.